The summed E-state index contributed by atoms with van der Waals surface area (Å²) in [7, 11) is 0. The zero-order valence-electron chi connectivity index (χ0n) is 9.67. The van der Waals surface area contributed by atoms with Crippen LogP contribution in [0.3, 0.4) is 0 Å². The Morgan fingerprint density at radius 3 is 2.71 bits per heavy atom. The summed E-state index contributed by atoms with van der Waals surface area (Å²) in [6.45, 7) is 1.92. The maximum atomic E-state index is 12.0. The topological polar surface area (TPSA) is 33.1 Å². The molecule has 1 aromatic heterocycles. The molecule has 17 heavy (non-hydrogen) atoms. The molecule has 0 radical (unpaired) electrons. The zero-order chi connectivity index (χ0) is 12.9. The Labute approximate surface area is 98.5 Å². The zero-order valence-corrected chi connectivity index (χ0v) is 9.67. The van der Waals surface area contributed by atoms with Gasteiger partial charge in [-0.3, -0.25) is 4.98 Å². The fraction of sp³-hybridized carbons (Fsp3) is 0.583. The molecule has 0 aliphatic heterocycles. The standard InChI is InChI=1S/C12H16F3NO/c1-2-9-8-16-7-5-10(9)11(17)4-3-6-12(13,14)15/h5,7-8,11,17H,2-4,6H2,1H3. The Kier molecular flexibility index (Phi) is 4.93. The van der Waals surface area contributed by atoms with Crippen molar-refractivity contribution >= 4 is 0 Å². The second-order valence-corrected chi connectivity index (χ2v) is 3.95. The van der Waals surface area contributed by atoms with Gasteiger partial charge in [0, 0.05) is 18.8 Å². The van der Waals surface area contributed by atoms with Crippen molar-refractivity contribution < 1.29 is 18.3 Å². The third-order valence-electron chi connectivity index (χ3n) is 2.62. The number of aromatic nitrogens is 1. The van der Waals surface area contributed by atoms with Crippen molar-refractivity contribution in [3.8, 4) is 0 Å². The van der Waals surface area contributed by atoms with Gasteiger partial charge in [-0.05, 0) is 36.5 Å². The Hall–Kier alpha value is -1.10. The quantitative estimate of drug-likeness (QED) is 0.864. The molecule has 0 amide bonds. The number of rotatable bonds is 5. The van der Waals surface area contributed by atoms with Crippen molar-refractivity contribution in [2.45, 2.75) is 44.9 Å². The summed E-state index contributed by atoms with van der Waals surface area (Å²) >= 11 is 0. The van der Waals surface area contributed by atoms with E-state index < -0.39 is 18.7 Å². The van der Waals surface area contributed by atoms with Gasteiger partial charge in [-0.2, -0.15) is 13.2 Å². The molecule has 0 aliphatic rings. The Balaban J connectivity index is 2.55. The molecule has 5 heteroatoms. The van der Waals surface area contributed by atoms with Gasteiger partial charge in [0.1, 0.15) is 0 Å². The van der Waals surface area contributed by atoms with Crippen LogP contribution in [0.1, 0.15) is 43.4 Å². The fourth-order valence-corrected chi connectivity index (χ4v) is 1.71. The van der Waals surface area contributed by atoms with Gasteiger partial charge in [-0.25, -0.2) is 0 Å². The van der Waals surface area contributed by atoms with Gasteiger partial charge in [0.25, 0.3) is 0 Å². The van der Waals surface area contributed by atoms with E-state index in [-0.39, 0.29) is 12.8 Å². The van der Waals surface area contributed by atoms with Crippen LogP contribution in [-0.2, 0) is 6.42 Å². The summed E-state index contributed by atoms with van der Waals surface area (Å²) in [6.07, 6.45) is -1.88. The monoisotopic (exact) mass is 247 g/mol. The number of aliphatic hydroxyl groups is 1. The van der Waals surface area contributed by atoms with Gasteiger partial charge in [0.15, 0.2) is 0 Å². The van der Waals surface area contributed by atoms with Crippen LogP contribution in [-0.4, -0.2) is 16.3 Å². The first-order valence-corrected chi connectivity index (χ1v) is 5.61. The highest BCUT2D eigenvalue weighted by Gasteiger charge is 2.26. The normalized spacial score (nSPS) is 13.7. The lowest BCUT2D eigenvalue weighted by Crippen LogP contribution is -2.09. The van der Waals surface area contributed by atoms with E-state index in [0.717, 1.165) is 5.56 Å². The van der Waals surface area contributed by atoms with Gasteiger partial charge in [0.05, 0.1) is 6.10 Å². The van der Waals surface area contributed by atoms with E-state index in [4.69, 9.17) is 0 Å². The Bertz CT molecular complexity index is 352. The SMILES string of the molecule is CCc1cnccc1C(O)CCCC(F)(F)F. The molecule has 96 valence electrons. The number of nitrogens with zero attached hydrogens (tertiary/aromatic N) is 1. The number of alkyl halides is 3. The predicted molar refractivity (Wildman–Crippen MR) is 58.5 cm³/mol. The van der Waals surface area contributed by atoms with Crippen LogP contribution >= 0.6 is 0 Å². The van der Waals surface area contributed by atoms with Crippen LogP contribution in [0.4, 0.5) is 13.2 Å². The van der Waals surface area contributed by atoms with Crippen LogP contribution in [0.5, 0.6) is 0 Å². The van der Waals surface area contributed by atoms with Gasteiger partial charge in [-0.1, -0.05) is 6.92 Å². The summed E-state index contributed by atoms with van der Waals surface area (Å²) in [5, 5.41) is 9.83. The van der Waals surface area contributed by atoms with E-state index in [1.54, 1.807) is 18.5 Å². The minimum atomic E-state index is -4.15. The first-order valence-electron chi connectivity index (χ1n) is 5.61. The van der Waals surface area contributed by atoms with Crippen LogP contribution in [0.25, 0.3) is 0 Å². The van der Waals surface area contributed by atoms with Crippen LogP contribution in [0, 0.1) is 0 Å². The first-order chi connectivity index (χ1) is 7.94. The maximum Gasteiger partial charge on any atom is 0.389 e. The average molecular weight is 247 g/mol. The van der Waals surface area contributed by atoms with E-state index in [0.29, 0.717) is 12.0 Å². The number of halogens is 3. The number of aryl methyl sites for hydroxylation is 1. The van der Waals surface area contributed by atoms with E-state index >= 15 is 0 Å². The lowest BCUT2D eigenvalue weighted by molar-refractivity contribution is -0.136. The lowest BCUT2D eigenvalue weighted by atomic mass is 9.99. The number of hydrogen-bond donors (Lipinski definition) is 1. The van der Waals surface area contributed by atoms with Gasteiger partial charge in [-0.15, -0.1) is 0 Å². The molecule has 1 rings (SSSR count). The molecule has 1 heterocycles. The summed E-state index contributed by atoms with van der Waals surface area (Å²) in [6, 6.07) is 1.66. The second-order valence-electron chi connectivity index (χ2n) is 3.95. The van der Waals surface area contributed by atoms with Crippen molar-refractivity contribution in [1.82, 2.24) is 4.98 Å². The van der Waals surface area contributed by atoms with Crippen molar-refractivity contribution in [3.05, 3.63) is 29.6 Å². The molecule has 2 nitrogen and oxygen atoms in total. The predicted octanol–water partition coefficient (Wildman–Crippen LogP) is 3.41. The van der Waals surface area contributed by atoms with Crippen LogP contribution in [0.2, 0.25) is 0 Å². The van der Waals surface area contributed by atoms with Crippen molar-refractivity contribution in [3.63, 3.8) is 0 Å². The minimum absolute atomic E-state index is 0.0594. The minimum Gasteiger partial charge on any atom is -0.388 e. The van der Waals surface area contributed by atoms with E-state index in [2.05, 4.69) is 4.98 Å². The van der Waals surface area contributed by atoms with Gasteiger partial charge in [0.2, 0.25) is 0 Å². The summed E-state index contributed by atoms with van der Waals surface area (Å²) in [4.78, 5) is 3.93. The Morgan fingerprint density at radius 2 is 2.12 bits per heavy atom. The Morgan fingerprint density at radius 1 is 1.41 bits per heavy atom. The van der Waals surface area contributed by atoms with E-state index in [1.807, 2.05) is 6.92 Å². The lowest BCUT2D eigenvalue weighted by Gasteiger charge is -2.14. The molecule has 0 spiro atoms. The third kappa shape index (κ3) is 4.73. The molecule has 1 atom stereocenters. The smallest absolute Gasteiger partial charge is 0.388 e. The molecule has 0 bridgehead atoms. The van der Waals surface area contributed by atoms with Crippen molar-refractivity contribution in [2.75, 3.05) is 0 Å². The summed E-state index contributed by atoms with van der Waals surface area (Å²) < 4.78 is 35.9. The molecule has 0 fully saturated rings. The highest BCUT2D eigenvalue weighted by Crippen LogP contribution is 2.27. The van der Waals surface area contributed by atoms with Gasteiger partial charge >= 0.3 is 6.18 Å². The number of pyridine rings is 1. The molecule has 0 aliphatic carbocycles. The summed E-state index contributed by atoms with van der Waals surface area (Å²) in [5.41, 5.74) is 1.57. The highest BCUT2D eigenvalue weighted by molar-refractivity contribution is 5.25. The molecule has 1 aromatic rings. The molecule has 0 saturated heterocycles. The molecular weight excluding hydrogens is 231 g/mol. The van der Waals surface area contributed by atoms with Crippen molar-refractivity contribution in [2.24, 2.45) is 0 Å². The van der Waals surface area contributed by atoms with Gasteiger partial charge < -0.3 is 5.11 Å². The molecule has 0 aromatic carbocycles. The molecular formula is C12H16F3NO. The third-order valence-corrected chi connectivity index (χ3v) is 2.62. The molecule has 1 N–H and O–H groups in total. The highest BCUT2D eigenvalue weighted by atomic mass is 19.4. The first kappa shape index (κ1) is 14.0. The summed E-state index contributed by atoms with van der Waals surface area (Å²) in [5.74, 6) is 0. The molecule has 1 unspecified atom stereocenters. The van der Waals surface area contributed by atoms with Crippen LogP contribution < -0.4 is 0 Å². The van der Waals surface area contributed by atoms with E-state index in [1.165, 1.54) is 0 Å². The van der Waals surface area contributed by atoms with Crippen molar-refractivity contribution in [1.29, 1.82) is 0 Å². The average Bonchev–Trinajstić information content (AvgIpc) is 2.27. The molecule has 0 saturated carbocycles. The fourth-order valence-electron chi connectivity index (χ4n) is 1.71. The number of aliphatic hydroxyl groups excluding tert-OH is 1. The largest absolute Gasteiger partial charge is 0.389 e. The number of hydrogen-bond acceptors (Lipinski definition) is 2. The maximum absolute atomic E-state index is 12.0. The second kappa shape index (κ2) is 6.00. The van der Waals surface area contributed by atoms with E-state index in [9.17, 15) is 18.3 Å². The van der Waals surface area contributed by atoms with Crippen LogP contribution in [0.15, 0.2) is 18.5 Å².